The molecular weight excluding hydrogens is 378 g/mol. The predicted octanol–water partition coefficient (Wildman–Crippen LogP) is 4.04. The first-order valence-electron chi connectivity index (χ1n) is 10.7. The lowest BCUT2D eigenvalue weighted by molar-refractivity contribution is -0.121. The Kier molecular flexibility index (Phi) is 7.91. The molecule has 5 nitrogen and oxygen atoms in total. The molecule has 1 amide bonds. The fraction of sp³-hybridized carbons (Fsp3) is 0.400. The largest absolute Gasteiger partial charge is 0.388 e. The minimum Gasteiger partial charge on any atom is -0.388 e. The average molecular weight is 408 g/mol. The fourth-order valence-corrected chi connectivity index (χ4v) is 4.06. The number of benzene rings is 2. The number of hydrogen-bond acceptors (Lipinski definition) is 4. The van der Waals surface area contributed by atoms with E-state index in [1.54, 1.807) is 41.3 Å². The summed E-state index contributed by atoms with van der Waals surface area (Å²) in [4.78, 5) is 39.1. The molecule has 0 radical (unpaired) electrons. The van der Waals surface area contributed by atoms with Gasteiger partial charge < -0.3 is 10.0 Å². The SMILES string of the molecule is O=C(CC1CCCCC1)CN(Cc1ccc(C(=O)CO)cc1)C(=O)c1ccccc1. The average Bonchev–Trinajstić information content (AvgIpc) is 2.79. The number of hydrogen-bond donors (Lipinski definition) is 1. The number of Topliss-reactive ketones (excluding diaryl/α,β-unsaturated/α-hetero) is 2. The molecule has 3 rings (SSSR count). The number of nitrogens with zero attached hydrogens (tertiary/aromatic N) is 1. The lowest BCUT2D eigenvalue weighted by Crippen LogP contribution is -2.36. The van der Waals surface area contributed by atoms with Gasteiger partial charge >= 0.3 is 0 Å². The quantitative estimate of drug-likeness (QED) is 0.637. The molecule has 30 heavy (non-hydrogen) atoms. The number of carbonyl (C=O) groups is 3. The van der Waals surface area contributed by atoms with E-state index in [0.717, 1.165) is 18.4 Å². The van der Waals surface area contributed by atoms with Gasteiger partial charge in [-0.2, -0.15) is 0 Å². The molecule has 158 valence electrons. The summed E-state index contributed by atoms with van der Waals surface area (Å²) in [5, 5.41) is 9.00. The van der Waals surface area contributed by atoms with Gasteiger partial charge in [0.2, 0.25) is 0 Å². The third-order valence-corrected chi connectivity index (χ3v) is 5.71. The van der Waals surface area contributed by atoms with Crippen molar-refractivity contribution in [3.05, 3.63) is 71.3 Å². The maximum Gasteiger partial charge on any atom is 0.254 e. The number of aliphatic hydroxyl groups excluding tert-OH is 1. The van der Waals surface area contributed by atoms with Crippen LogP contribution in [-0.2, 0) is 11.3 Å². The van der Waals surface area contributed by atoms with Crippen LogP contribution in [0.1, 0.15) is 64.8 Å². The minimum atomic E-state index is -0.534. The van der Waals surface area contributed by atoms with Crippen LogP contribution < -0.4 is 0 Å². The topological polar surface area (TPSA) is 74.7 Å². The standard InChI is InChI=1S/C25H29NO4/c27-18-24(29)21-13-11-20(12-14-21)16-26(25(30)22-9-5-2-6-10-22)17-23(28)15-19-7-3-1-4-8-19/h2,5-6,9-14,19,27H,1,3-4,7-8,15-18H2. The highest BCUT2D eigenvalue weighted by atomic mass is 16.3. The fourth-order valence-electron chi connectivity index (χ4n) is 4.06. The van der Waals surface area contributed by atoms with Crippen molar-refractivity contribution in [2.45, 2.75) is 45.1 Å². The van der Waals surface area contributed by atoms with Crippen molar-refractivity contribution >= 4 is 17.5 Å². The van der Waals surface area contributed by atoms with Gasteiger partial charge in [-0.05, 0) is 23.6 Å². The summed E-state index contributed by atoms with van der Waals surface area (Å²) in [6.07, 6.45) is 6.34. The Labute approximate surface area is 177 Å². The first-order chi connectivity index (χ1) is 14.6. The van der Waals surface area contributed by atoms with Gasteiger partial charge in [-0.15, -0.1) is 0 Å². The monoisotopic (exact) mass is 407 g/mol. The minimum absolute atomic E-state index is 0.0849. The van der Waals surface area contributed by atoms with Gasteiger partial charge in [0, 0.05) is 24.1 Å². The van der Waals surface area contributed by atoms with E-state index in [9.17, 15) is 14.4 Å². The highest BCUT2D eigenvalue weighted by molar-refractivity contribution is 5.97. The van der Waals surface area contributed by atoms with Crippen LogP contribution in [0.4, 0.5) is 0 Å². The van der Waals surface area contributed by atoms with E-state index in [4.69, 9.17) is 5.11 Å². The number of ketones is 2. The molecule has 0 saturated heterocycles. The van der Waals surface area contributed by atoms with Gasteiger partial charge in [-0.3, -0.25) is 14.4 Å². The molecule has 0 spiro atoms. The van der Waals surface area contributed by atoms with Crippen molar-refractivity contribution in [2.75, 3.05) is 13.2 Å². The van der Waals surface area contributed by atoms with Crippen LogP contribution >= 0.6 is 0 Å². The molecular formula is C25H29NO4. The zero-order chi connectivity index (χ0) is 21.3. The van der Waals surface area contributed by atoms with Crippen LogP contribution in [0.25, 0.3) is 0 Å². The van der Waals surface area contributed by atoms with Crippen LogP contribution in [0.15, 0.2) is 54.6 Å². The zero-order valence-electron chi connectivity index (χ0n) is 17.3. The van der Waals surface area contributed by atoms with E-state index in [1.165, 1.54) is 19.3 Å². The first-order valence-corrected chi connectivity index (χ1v) is 10.7. The molecule has 5 heteroatoms. The van der Waals surface area contributed by atoms with Gasteiger partial charge in [-0.1, -0.05) is 74.6 Å². The Balaban J connectivity index is 1.72. The van der Waals surface area contributed by atoms with Crippen molar-refractivity contribution in [3.8, 4) is 0 Å². The number of carbonyl (C=O) groups excluding carboxylic acids is 3. The Morgan fingerprint density at radius 1 is 0.867 bits per heavy atom. The summed E-state index contributed by atoms with van der Waals surface area (Å²) in [5.41, 5.74) is 1.81. The molecule has 1 aliphatic carbocycles. The van der Waals surface area contributed by atoms with E-state index in [1.807, 2.05) is 18.2 Å². The van der Waals surface area contributed by atoms with Crippen molar-refractivity contribution in [3.63, 3.8) is 0 Å². The summed E-state index contributed by atoms with van der Waals surface area (Å²) in [5.74, 6) is 0.00602. The normalized spacial score (nSPS) is 14.3. The highest BCUT2D eigenvalue weighted by Gasteiger charge is 2.22. The van der Waals surface area contributed by atoms with Gasteiger partial charge in [0.1, 0.15) is 6.61 Å². The van der Waals surface area contributed by atoms with E-state index in [0.29, 0.717) is 23.5 Å². The molecule has 0 aliphatic heterocycles. The van der Waals surface area contributed by atoms with Crippen LogP contribution in [0, 0.1) is 5.92 Å². The van der Waals surface area contributed by atoms with Crippen LogP contribution in [0.3, 0.4) is 0 Å². The lowest BCUT2D eigenvalue weighted by Gasteiger charge is -2.25. The number of aliphatic hydroxyl groups is 1. The molecule has 1 saturated carbocycles. The molecule has 1 fully saturated rings. The smallest absolute Gasteiger partial charge is 0.254 e. The lowest BCUT2D eigenvalue weighted by atomic mass is 9.86. The van der Waals surface area contributed by atoms with Crippen LogP contribution in [0.5, 0.6) is 0 Å². The highest BCUT2D eigenvalue weighted by Crippen LogP contribution is 2.26. The Hall–Kier alpha value is -2.79. The molecule has 0 unspecified atom stereocenters. The van der Waals surface area contributed by atoms with E-state index < -0.39 is 6.61 Å². The zero-order valence-corrected chi connectivity index (χ0v) is 17.3. The molecule has 2 aromatic rings. The van der Waals surface area contributed by atoms with E-state index in [2.05, 4.69) is 0 Å². The van der Waals surface area contributed by atoms with E-state index in [-0.39, 0.29) is 30.6 Å². The summed E-state index contributed by atoms with van der Waals surface area (Å²) >= 11 is 0. The maximum absolute atomic E-state index is 13.1. The predicted molar refractivity (Wildman–Crippen MR) is 115 cm³/mol. The Bertz CT molecular complexity index is 854. The van der Waals surface area contributed by atoms with Gasteiger partial charge in [0.15, 0.2) is 11.6 Å². The molecule has 1 aliphatic rings. The molecule has 2 aromatic carbocycles. The van der Waals surface area contributed by atoms with Crippen molar-refractivity contribution in [1.29, 1.82) is 0 Å². The van der Waals surface area contributed by atoms with Crippen molar-refractivity contribution in [2.24, 2.45) is 5.92 Å². The first kappa shape index (κ1) is 21.9. The summed E-state index contributed by atoms with van der Waals surface area (Å²) in [6, 6.07) is 15.8. The van der Waals surface area contributed by atoms with Crippen LogP contribution in [-0.4, -0.2) is 40.6 Å². The third-order valence-electron chi connectivity index (χ3n) is 5.71. The second-order valence-corrected chi connectivity index (χ2v) is 8.05. The number of amides is 1. The van der Waals surface area contributed by atoms with Crippen LogP contribution in [0.2, 0.25) is 0 Å². The second-order valence-electron chi connectivity index (χ2n) is 8.05. The van der Waals surface area contributed by atoms with Gasteiger partial charge in [0.25, 0.3) is 5.91 Å². The Morgan fingerprint density at radius 3 is 2.17 bits per heavy atom. The van der Waals surface area contributed by atoms with E-state index >= 15 is 0 Å². The second kappa shape index (κ2) is 10.8. The summed E-state index contributed by atoms with van der Waals surface area (Å²) < 4.78 is 0. The molecule has 0 bridgehead atoms. The molecule has 0 aromatic heterocycles. The molecule has 0 heterocycles. The van der Waals surface area contributed by atoms with Crippen molar-refractivity contribution < 1.29 is 19.5 Å². The number of rotatable bonds is 9. The molecule has 0 atom stereocenters. The van der Waals surface area contributed by atoms with Gasteiger partial charge in [-0.25, -0.2) is 0 Å². The Morgan fingerprint density at radius 2 is 1.53 bits per heavy atom. The maximum atomic E-state index is 13.1. The molecule has 1 N–H and O–H groups in total. The third kappa shape index (κ3) is 6.10. The van der Waals surface area contributed by atoms with Crippen molar-refractivity contribution in [1.82, 2.24) is 4.90 Å². The van der Waals surface area contributed by atoms with Gasteiger partial charge in [0.05, 0.1) is 6.54 Å². The summed E-state index contributed by atoms with van der Waals surface area (Å²) in [6.45, 7) is -0.160. The summed E-state index contributed by atoms with van der Waals surface area (Å²) in [7, 11) is 0.